The highest BCUT2D eigenvalue weighted by molar-refractivity contribution is 5.79. The molecule has 0 heterocycles. The quantitative estimate of drug-likeness (QED) is 0.310. The van der Waals surface area contributed by atoms with E-state index in [1.807, 2.05) is 0 Å². The Kier molecular flexibility index (Phi) is 3.30. The topological polar surface area (TPSA) is 65.8 Å². The highest BCUT2D eigenvalue weighted by Gasteiger charge is 2.42. The number of rotatable bonds is 4. The van der Waals surface area contributed by atoms with Crippen molar-refractivity contribution in [2.24, 2.45) is 28.8 Å². The molecule has 2 bridgehead atoms. The van der Waals surface area contributed by atoms with Gasteiger partial charge in [-0.3, -0.25) is 4.79 Å². The Bertz CT molecular complexity index is 357. The molecule has 0 amide bonds. The number of fused-ring (bicyclic) bond motifs is 2. The average Bonchev–Trinajstić information content (AvgIpc) is 2.30. The van der Waals surface area contributed by atoms with Crippen LogP contribution in [0.25, 0.3) is 10.4 Å². The predicted molar refractivity (Wildman–Crippen MR) is 61.6 cm³/mol. The van der Waals surface area contributed by atoms with Gasteiger partial charge in [-0.2, -0.15) is 0 Å². The zero-order valence-electron chi connectivity index (χ0n) is 9.54. The van der Waals surface area contributed by atoms with E-state index in [1.165, 1.54) is 6.42 Å². The van der Waals surface area contributed by atoms with Crippen LogP contribution in [0.3, 0.4) is 0 Å². The number of hydrogen-bond donors (Lipinski definition) is 0. The van der Waals surface area contributed by atoms with Gasteiger partial charge >= 0.3 is 0 Å². The van der Waals surface area contributed by atoms with Crippen LogP contribution < -0.4 is 0 Å². The lowest BCUT2D eigenvalue weighted by molar-refractivity contribution is -0.126. The minimum atomic E-state index is 0.164. The molecule has 0 spiro atoms. The van der Waals surface area contributed by atoms with Crippen LogP contribution in [0.1, 0.15) is 26.2 Å². The van der Waals surface area contributed by atoms with Gasteiger partial charge in [0.15, 0.2) is 0 Å². The summed E-state index contributed by atoms with van der Waals surface area (Å²) >= 11 is 0. The molecule has 0 N–H and O–H groups in total. The highest BCUT2D eigenvalue weighted by Crippen LogP contribution is 2.46. The van der Waals surface area contributed by atoms with Crippen LogP contribution in [-0.4, -0.2) is 12.3 Å². The van der Waals surface area contributed by atoms with Crippen molar-refractivity contribution in [1.82, 2.24) is 0 Å². The molecule has 0 radical (unpaired) electrons. The van der Waals surface area contributed by atoms with E-state index in [4.69, 9.17) is 5.53 Å². The summed E-state index contributed by atoms with van der Waals surface area (Å²) in [4.78, 5) is 14.5. The molecule has 3 aliphatic rings. The maximum atomic E-state index is 11.7. The van der Waals surface area contributed by atoms with Gasteiger partial charge in [-0.15, -0.1) is 0 Å². The van der Waals surface area contributed by atoms with Gasteiger partial charge in [-0.25, -0.2) is 0 Å². The van der Waals surface area contributed by atoms with Crippen LogP contribution in [0.5, 0.6) is 0 Å². The van der Waals surface area contributed by atoms with E-state index in [0.717, 1.165) is 12.8 Å². The SMILES string of the molecule is CC(=O)[C@@H]1[C@@H](CCN=[N+]=[N-])[C@@H]2C=C[C@H]1CC2. The largest absolute Gasteiger partial charge is 0.300 e. The minimum Gasteiger partial charge on any atom is -0.300 e. The van der Waals surface area contributed by atoms with E-state index >= 15 is 0 Å². The Hall–Kier alpha value is -1.28. The molecule has 16 heavy (non-hydrogen) atoms. The summed E-state index contributed by atoms with van der Waals surface area (Å²) < 4.78 is 0. The van der Waals surface area contributed by atoms with Gasteiger partial charge < -0.3 is 0 Å². The van der Waals surface area contributed by atoms with Gasteiger partial charge in [0.2, 0.25) is 0 Å². The molecule has 1 saturated carbocycles. The van der Waals surface area contributed by atoms with Gasteiger partial charge in [-0.1, -0.05) is 17.3 Å². The van der Waals surface area contributed by atoms with Crippen LogP contribution in [0.4, 0.5) is 0 Å². The van der Waals surface area contributed by atoms with Gasteiger partial charge in [0.25, 0.3) is 0 Å². The lowest BCUT2D eigenvalue weighted by Gasteiger charge is -2.44. The molecule has 4 heteroatoms. The van der Waals surface area contributed by atoms with E-state index in [1.54, 1.807) is 6.92 Å². The lowest BCUT2D eigenvalue weighted by atomic mass is 9.60. The van der Waals surface area contributed by atoms with Gasteiger partial charge in [-0.05, 0) is 49.5 Å². The zero-order chi connectivity index (χ0) is 11.5. The number of carbonyl (C=O) groups is 1. The monoisotopic (exact) mass is 219 g/mol. The van der Waals surface area contributed by atoms with Gasteiger partial charge in [0, 0.05) is 17.4 Å². The van der Waals surface area contributed by atoms with E-state index < -0.39 is 0 Å². The predicted octanol–water partition coefficient (Wildman–Crippen LogP) is 3.10. The smallest absolute Gasteiger partial charge is 0.133 e. The second-order valence-corrected chi connectivity index (χ2v) is 4.83. The fourth-order valence-corrected chi connectivity index (χ4v) is 3.35. The first-order valence-corrected chi connectivity index (χ1v) is 5.93. The van der Waals surface area contributed by atoms with Crippen molar-refractivity contribution in [3.05, 3.63) is 22.6 Å². The molecular weight excluding hydrogens is 202 g/mol. The molecule has 0 saturated heterocycles. The molecule has 3 rings (SSSR count). The van der Waals surface area contributed by atoms with Crippen LogP contribution in [0, 0.1) is 23.7 Å². The Morgan fingerprint density at radius 2 is 2.12 bits per heavy atom. The second kappa shape index (κ2) is 4.71. The second-order valence-electron chi connectivity index (χ2n) is 4.83. The number of carbonyl (C=O) groups excluding carboxylic acids is 1. The van der Waals surface area contributed by atoms with Crippen LogP contribution in [0.15, 0.2) is 17.3 Å². The van der Waals surface area contributed by atoms with E-state index in [-0.39, 0.29) is 5.92 Å². The fraction of sp³-hybridized carbons (Fsp3) is 0.750. The number of allylic oxidation sites excluding steroid dienone is 2. The first-order chi connectivity index (χ1) is 7.74. The van der Waals surface area contributed by atoms with E-state index in [2.05, 4.69) is 22.2 Å². The van der Waals surface area contributed by atoms with Crippen molar-refractivity contribution in [1.29, 1.82) is 0 Å². The zero-order valence-corrected chi connectivity index (χ0v) is 9.54. The molecule has 0 aliphatic heterocycles. The minimum absolute atomic E-state index is 0.164. The summed E-state index contributed by atoms with van der Waals surface area (Å²) in [6, 6.07) is 0. The van der Waals surface area contributed by atoms with Crippen molar-refractivity contribution in [3.8, 4) is 0 Å². The Morgan fingerprint density at radius 3 is 2.69 bits per heavy atom. The Morgan fingerprint density at radius 1 is 1.44 bits per heavy atom. The summed E-state index contributed by atoms with van der Waals surface area (Å²) in [5, 5.41) is 3.59. The first kappa shape index (κ1) is 11.2. The molecule has 86 valence electrons. The number of ketones is 1. The summed E-state index contributed by atoms with van der Waals surface area (Å²) in [5.74, 6) is 1.81. The van der Waals surface area contributed by atoms with Crippen LogP contribution >= 0.6 is 0 Å². The third-order valence-corrected chi connectivity index (χ3v) is 4.01. The molecular formula is C12H17N3O. The first-order valence-electron chi connectivity index (χ1n) is 5.93. The standard InChI is InChI=1S/C12H17N3O/c1-8(16)12-10-4-2-9(3-5-10)11(12)6-7-14-15-13/h2,4,9-12H,3,5-7H2,1H3/t9-,10+,11+,12+/m1/s1. The molecule has 4 atom stereocenters. The Labute approximate surface area is 95.3 Å². The van der Waals surface area contributed by atoms with Gasteiger partial charge in [0.05, 0.1) is 0 Å². The molecule has 0 unspecified atom stereocenters. The maximum absolute atomic E-state index is 11.7. The van der Waals surface area contributed by atoms with Crippen LogP contribution in [-0.2, 0) is 4.79 Å². The number of azide groups is 1. The molecule has 0 aromatic rings. The third kappa shape index (κ3) is 1.98. The maximum Gasteiger partial charge on any atom is 0.133 e. The van der Waals surface area contributed by atoms with Gasteiger partial charge in [0.1, 0.15) is 5.78 Å². The van der Waals surface area contributed by atoms with Crippen LogP contribution in [0.2, 0.25) is 0 Å². The molecule has 0 aromatic carbocycles. The molecule has 4 nitrogen and oxygen atoms in total. The van der Waals surface area contributed by atoms with Crippen molar-refractivity contribution in [2.75, 3.05) is 6.54 Å². The summed E-state index contributed by atoms with van der Waals surface area (Å²) in [5.41, 5.74) is 8.28. The molecule has 0 aromatic heterocycles. The normalized spacial score (nSPS) is 35.8. The number of nitrogens with zero attached hydrogens (tertiary/aromatic N) is 3. The van der Waals surface area contributed by atoms with Crippen molar-refractivity contribution >= 4 is 5.78 Å². The van der Waals surface area contributed by atoms with Crippen molar-refractivity contribution < 1.29 is 4.79 Å². The van der Waals surface area contributed by atoms with E-state index in [0.29, 0.717) is 30.1 Å². The van der Waals surface area contributed by atoms with Crippen molar-refractivity contribution in [2.45, 2.75) is 26.2 Å². The lowest BCUT2D eigenvalue weighted by Crippen LogP contribution is -2.40. The van der Waals surface area contributed by atoms with Crippen molar-refractivity contribution in [3.63, 3.8) is 0 Å². The Balaban J connectivity index is 2.11. The summed E-state index contributed by atoms with van der Waals surface area (Å²) in [7, 11) is 0. The molecule has 1 fully saturated rings. The average molecular weight is 219 g/mol. The summed E-state index contributed by atoms with van der Waals surface area (Å²) in [6.07, 6.45) is 7.65. The number of hydrogen-bond acceptors (Lipinski definition) is 2. The number of Topliss-reactive ketones (excluding diaryl/α,β-unsaturated/α-hetero) is 1. The third-order valence-electron chi connectivity index (χ3n) is 4.01. The van der Waals surface area contributed by atoms with E-state index in [9.17, 15) is 4.79 Å². The highest BCUT2D eigenvalue weighted by atomic mass is 16.1. The molecule has 3 aliphatic carbocycles. The summed E-state index contributed by atoms with van der Waals surface area (Å²) in [6.45, 7) is 2.21. The fourth-order valence-electron chi connectivity index (χ4n) is 3.35.